The van der Waals surface area contributed by atoms with Gasteiger partial charge in [0.15, 0.2) is 0 Å². The molecule has 0 radical (unpaired) electrons. The Morgan fingerprint density at radius 2 is 2.33 bits per heavy atom. The monoisotopic (exact) mass is 210 g/mol. The van der Waals surface area contributed by atoms with Crippen molar-refractivity contribution in [2.75, 3.05) is 0 Å². The molecular weight excluding hydrogens is 192 g/mol. The van der Waals surface area contributed by atoms with Crippen molar-refractivity contribution in [1.29, 1.82) is 0 Å². The lowest BCUT2D eigenvalue weighted by Crippen LogP contribution is -2.28. The number of nitrogens with zero attached hydrogens (tertiary/aromatic N) is 2. The first-order valence-electron chi connectivity index (χ1n) is 5.28. The highest BCUT2D eigenvalue weighted by Gasteiger charge is 2.13. The van der Waals surface area contributed by atoms with Crippen molar-refractivity contribution in [2.24, 2.45) is 5.92 Å². The summed E-state index contributed by atoms with van der Waals surface area (Å²) in [7, 11) is 0. The average molecular weight is 210 g/mol. The number of carbonyl (C=O) groups is 1. The molecule has 0 saturated carbocycles. The van der Waals surface area contributed by atoms with Crippen molar-refractivity contribution < 1.29 is 4.79 Å². The van der Waals surface area contributed by atoms with Crippen LogP contribution in [-0.4, -0.2) is 21.1 Å². The number of amides is 1. The molecule has 1 aromatic rings. The summed E-state index contributed by atoms with van der Waals surface area (Å²) >= 11 is 0. The normalized spacial score (nSPS) is 14.6. The van der Waals surface area contributed by atoms with Gasteiger partial charge in [-0.1, -0.05) is 20.3 Å². The van der Waals surface area contributed by atoms with Crippen LogP contribution in [0.5, 0.6) is 0 Å². The first kappa shape index (κ1) is 11.7. The molecule has 2 atom stereocenters. The van der Waals surface area contributed by atoms with Crippen LogP contribution in [0.15, 0.2) is 6.33 Å². The SMILES string of the molecule is CCC(C)CC(=O)NC(C)c1ncn[nH]1. The smallest absolute Gasteiger partial charge is 0.220 e. The summed E-state index contributed by atoms with van der Waals surface area (Å²) < 4.78 is 0. The van der Waals surface area contributed by atoms with Crippen LogP contribution in [0.25, 0.3) is 0 Å². The standard InChI is InChI=1S/C10H18N4O/c1-4-7(2)5-9(15)13-8(3)10-11-6-12-14-10/h6-8H,4-5H2,1-3H3,(H,13,15)(H,11,12,14). The number of carbonyl (C=O) groups excluding carboxylic acids is 1. The van der Waals surface area contributed by atoms with Crippen molar-refractivity contribution in [3.63, 3.8) is 0 Å². The summed E-state index contributed by atoms with van der Waals surface area (Å²) in [4.78, 5) is 15.5. The van der Waals surface area contributed by atoms with Crippen LogP contribution in [0.2, 0.25) is 0 Å². The number of aromatic nitrogens is 3. The lowest BCUT2D eigenvalue weighted by molar-refractivity contribution is -0.122. The molecule has 15 heavy (non-hydrogen) atoms. The van der Waals surface area contributed by atoms with Crippen molar-refractivity contribution in [3.05, 3.63) is 12.2 Å². The van der Waals surface area contributed by atoms with Gasteiger partial charge in [0.25, 0.3) is 0 Å². The molecule has 1 amide bonds. The Morgan fingerprint density at radius 3 is 2.87 bits per heavy atom. The predicted octanol–water partition coefficient (Wildman–Crippen LogP) is 1.42. The van der Waals surface area contributed by atoms with Crippen molar-refractivity contribution in [3.8, 4) is 0 Å². The Balaban J connectivity index is 2.38. The molecule has 2 unspecified atom stereocenters. The molecule has 0 spiro atoms. The van der Waals surface area contributed by atoms with Crippen LogP contribution in [0, 0.1) is 5.92 Å². The van der Waals surface area contributed by atoms with E-state index in [4.69, 9.17) is 0 Å². The van der Waals surface area contributed by atoms with Crippen LogP contribution >= 0.6 is 0 Å². The predicted molar refractivity (Wildman–Crippen MR) is 57.0 cm³/mol. The molecule has 2 N–H and O–H groups in total. The molecular formula is C10H18N4O. The Hall–Kier alpha value is -1.39. The van der Waals surface area contributed by atoms with E-state index in [1.165, 1.54) is 6.33 Å². The average Bonchev–Trinajstić information content (AvgIpc) is 2.70. The van der Waals surface area contributed by atoms with E-state index in [1.54, 1.807) is 0 Å². The van der Waals surface area contributed by atoms with Crippen molar-refractivity contribution >= 4 is 5.91 Å². The zero-order valence-electron chi connectivity index (χ0n) is 9.45. The lowest BCUT2D eigenvalue weighted by Gasteiger charge is -2.13. The van der Waals surface area contributed by atoms with Crippen molar-refractivity contribution in [2.45, 2.75) is 39.7 Å². The van der Waals surface area contributed by atoms with Crippen molar-refractivity contribution in [1.82, 2.24) is 20.5 Å². The van der Waals surface area contributed by atoms with Gasteiger partial charge in [-0.05, 0) is 12.8 Å². The quantitative estimate of drug-likeness (QED) is 0.772. The Labute approximate surface area is 89.7 Å². The first-order chi connectivity index (χ1) is 7.13. The van der Waals surface area contributed by atoms with Gasteiger partial charge in [0, 0.05) is 6.42 Å². The minimum Gasteiger partial charge on any atom is -0.346 e. The van der Waals surface area contributed by atoms with Gasteiger partial charge in [-0.2, -0.15) is 5.10 Å². The fraction of sp³-hybridized carbons (Fsp3) is 0.700. The maximum Gasteiger partial charge on any atom is 0.220 e. The fourth-order valence-corrected chi connectivity index (χ4v) is 1.25. The molecule has 0 aliphatic heterocycles. The van der Waals surface area contributed by atoms with Gasteiger partial charge in [-0.15, -0.1) is 0 Å². The van der Waals surface area contributed by atoms with E-state index in [0.29, 0.717) is 18.2 Å². The van der Waals surface area contributed by atoms with E-state index in [9.17, 15) is 4.79 Å². The second kappa shape index (κ2) is 5.48. The minimum absolute atomic E-state index is 0.0632. The van der Waals surface area contributed by atoms with Gasteiger partial charge in [-0.3, -0.25) is 9.89 Å². The van der Waals surface area contributed by atoms with Crippen LogP contribution in [-0.2, 0) is 4.79 Å². The second-order valence-electron chi connectivity index (χ2n) is 3.88. The molecule has 0 aliphatic rings. The zero-order chi connectivity index (χ0) is 11.3. The highest BCUT2D eigenvalue weighted by atomic mass is 16.1. The molecule has 0 bridgehead atoms. The van der Waals surface area contributed by atoms with E-state index >= 15 is 0 Å². The van der Waals surface area contributed by atoms with Gasteiger partial charge < -0.3 is 5.32 Å². The number of aromatic amines is 1. The van der Waals surface area contributed by atoms with E-state index in [1.807, 2.05) is 6.92 Å². The van der Waals surface area contributed by atoms with E-state index in [-0.39, 0.29) is 11.9 Å². The Kier molecular flexibility index (Phi) is 4.27. The van der Waals surface area contributed by atoms with Gasteiger partial charge in [-0.25, -0.2) is 4.98 Å². The van der Waals surface area contributed by atoms with Gasteiger partial charge in [0.1, 0.15) is 12.2 Å². The third kappa shape index (κ3) is 3.69. The van der Waals surface area contributed by atoms with E-state index < -0.39 is 0 Å². The molecule has 84 valence electrons. The Morgan fingerprint density at radius 1 is 1.60 bits per heavy atom. The van der Waals surface area contributed by atoms with E-state index in [2.05, 4.69) is 34.3 Å². The molecule has 1 rings (SSSR count). The number of hydrogen-bond acceptors (Lipinski definition) is 3. The minimum atomic E-state index is -0.107. The third-order valence-corrected chi connectivity index (χ3v) is 2.45. The molecule has 5 heteroatoms. The molecule has 0 saturated heterocycles. The molecule has 0 aliphatic carbocycles. The maximum atomic E-state index is 11.5. The molecule has 0 fully saturated rings. The number of hydrogen-bond donors (Lipinski definition) is 2. The van der Waals surface area contributed by atoms with E-state index in [0.717, 1.165) is 6.42 Å². The fourth-order valence-electron chi connectivity index (χ4n) is 1.25. The third-order valence-electron chi connectivity index (χ3n) is 2.45. The number of H-pyrrole nitrogens is 1. The summed E-state index contributed by atoms with van der Waals surface area (Å²) in [5.74, 6) is 1.17. The zero-order valence-corrected chi connectivity index (χ0v) is 9.45. The molecule has 1 aromatic heterocycles. The first-order valence-corrected chi connectivity index (χ1v) is 5.28. The molecule has 5 nitrogen and oxygen atoms in total. The van der Waals surface area contributed by atoms with Crippen LogP contribution < -0.4 is 5.32 Å². The summed E-state index contributed by atoms with van der Waals surface area (Å²) in [6, 6.07) is -0.107. The topological polar surface area (TPSA) is 70.7 Å². The highest BCUT2D eigenvalue weighted by Crippen LogP contribution is 2.09. The maximum absolute atomic E-state index is 11.5. The lowest BCUT2D eigenvalue weighted by atomic mass is 10.0. The highest BCUT2D eigenvalue weighted by molar-refractivity contribution is 5.76. The summed E-state index contributed by atoms with van der Waals surface area (Å²) in [6.07, 6.45) is 3.02. The van der Waals surface area contributed by atoms with Crippen LogP contribution in [0.4, 0.5) is 0 Å². The molecule has 1 heterocycles. The second-order valence-corrected chi connectivity index (χ2v) is 3.88. The number of nitrogens with one attached hydrogen (secondary N) is 2. The summed E-state index contributed by atoms with van der Waals surface area (Å²) in [5, 5.41) is 9.35. The van der Waals surface area contributed by atoms with Gasteiger partial charge in [0.05, 0.1) is 6.04 Å². The Bertz CT molecular complexity index is 296. The van der Waals surface area contributed by atoms with Crippen LogP contribution in [0.3, 0.4) is 0 Å². The van der Waals surface area contributed by atoms with Gasteiger partial charge in [0.2, 0.25) is 5.91 Å². The summed E-state index contributed by atoms with van der Waals surface area (Å²) in [5.41, 5.74) is 0. The number of rotatable bonds is 5. The summed E-state index contributed by atoms with van der Waals surface area (Å²) in [6.45, 7) is 6.03. The van der Waals surface area contributed by atoms with Gasteiger partial charge >= 0.3 is 0 Å². The largest absolute Gasteiger partial charge is 0.346 e. The van der Waals surface area contributed by atoms with Crippen LogP contribution in [0.1, 0.15) is 45.5 Å². The molecule has 0 aromatic carbocycles.